The van der Waals surface area contributed by atoms with Crippen LogP contribution < -0.4 is 51.1 Å². The quantitative estimate of drug-likeness (QED) is 0.0236. The topological polar surface area (TPSA) is 445 Å². The van der Waals surface area contributed by atoms with Crippen LogP contribution in [0.25, 0.3) is 0 Å². The van der Waals surface area contributed by atoms with Crippen molar-refractivity contribution in [3.63, 3.8) is 0 Å². The lowest BCUT2D eigenvalue weighted by atomic mass is 9.84. The number of hydrogen-bond donors (Lipinski definition) is 12. The van der Waals surface area contributed by atoms with Crippen LogP contribution in [0, 0.1) is 31.0 Å². The van der Waals surface area contributed by atoms with E-state index in [0.717, 1.165) is 265 Å². The van der Waals surface area contributed by atoms with Crippen molar-refractivity contribution in [3.8, 4) is 18.1 Å². The van der Waals surface area contributed by atoms with Crippen molar-refractivity contribution in [2.75, 3.05) is 178 Å². The predicted octanol–water partition coefficient (Wildman–Crippen LogP) is 12.0. The number of rotatable bonds is 25. The molecule has 10 fully saturated rings. The van der Waals surface area contributed by atoms with E-state index in [0.29, 0.717) is 154 Å². The van der Waals surface area contributed by atoms with Crippen molar-refractivity contribution in [2.45, 2.75) is 257 Å². The molecule has 10 aromatic rings. The monoisotopic (exact) mass is 2130 g/mol. The Bertz CT molecular complexity index is 6870. The Morgan fingerprint density at radius 1 is 0.373 bits per heavy atom. The predicted molar refractivity (Wildman–Crippen MR) is 585 cm³/mol. The number of phenolic OH excluding ortho intramolecular Hbond substituents is 1. The highest BCUT2D eigenvalue weighted by molar-refractivity contribution is 7.86. The summed E-state index contributed by atoms with van der Waals surface area (Å²) in [5.41, 5.74) is 11.9. The van der Waals surface area contributed by atoms with Gasteiger partial charge in [0.05, 0.1) is 155 Å². The second-order valence-corrected chi connectivity index (χ2v) is 50.8. The number of aromatic hydroxyl groups is 1. The molecule has 39 heteroatoms. The number of anilines is 10. The highest BCUT2D eigenvalue weighted by Crippen LogP contribution is 2.50. The number of benzene rings is 5. The summed E-state index contributed by atoms with van der Waals surface area (Å²) in [7, 11) is -5.39. The number of halogens is 1. The van der Waals surface area contributed by atoms with Crippen LogP contribution in [0.1, 0.15) is 227 Å². The molecule has 5 unspecified atom stereocenters. The summed E-state index contributed by atoms with van der Waals surface area (Å²) in [5.74, 6) is 14.2. The molecule has 0 radical (unpaired) electrons. The Morgan fingerprint density at radius 3 is 1.01 bits per heavy atom. The molecule has 5 aliphatic carbocycles. The lowest BCUT2D eigenvalue weighted by Gasteiger charge is -2.39. The van der Waals surface area contributed by atoms with E-state index in [-0.39, 0.29) is 74.0 Å². The third-order valence-corrected chi connectivity index (χ3v) is 40.2. The maximum Gasteiger partial charge on any atom is 0.227 e. The van der Waals surface area contributed by atoms with Crippen LogP contribution in [0.15, 0.2) is 151 Å². The van der Waals surface area contributed by atoms with Gasteiger partial charge in [-0.15, -0.1) is 6.42 Å². The molecule has 11 aliphatic heterocycles. The number of piperidine rings is 5. The van der Waals surface area contributed by atoms with Gasteiger partial charge in [-0.1, -0.05) is 98.3 Å². The molecule has 33 nitrogen and oxygen atoms in total. The highest BCUT2D eigenvalue weighted by Gasteiger charge is 2.50. The maximum absolute atomic E-state index is 13.9. The van der Waals surface area contributed by atoms with Crippen LogP contribution in [0.4, 0.5) is 63.2 Å². The number of aliphatic hydroxyl groups excluding tert-OH is 5. The minimum atomic E-state index is -1.14. The van der Waals surface area contributed by atoms with Gasteiger partial charge in [0.25, 0.3) is 0 Å². The number of phenols is 1. The summed E-state index contributed by atoms with van der Waals surface area (Å²) in [5, 5.41) is 86.4. The maximum atomic E-state index is 13.9. The smallest absolute Gasteiger partial charge is 0.227 e. The number of nitrogens with one attached hydrogen (secondary N) is 5. The van der Waals surface area contributed by atoms with E-state index in [1.807, 2.05) is 42.2 Å². The van der Waals surface area contributed by atoms with Gasteiger partial charge in [0, 0.05) is 149 Å². The number of fused-ring (bicyclic) bond motifs is 6. The normalized spacial score (nSPS) is 23.1. The lowest BCUT2D eigenvalue weighted by Crippen LogP contribution is -2.43. The van der Waals surface area contributed by atoms with Crippen molar-refractivity contribution < 1.29 is 61.2 Å². The number of aliphatic hydroxyl groups is 6. The standard InChI is InChI=1S/C23H27N5O2S.C23H26N4O2S.C22H27FN4O3S.C21H26N4O3S.C21H26N4O2S.CH4/c29-14-23(8-9-23)27-21-20-18(7-12-31(20)30)25-22(26-21)28-10-5-15(6-11-28)19-17-4-2-1-3-16(17)13-24-19;1-2-16-3-5-17(6-4-16)18-7-12-27(13-8-18)22-24-19-9-14-30(29)20(19)21(25-22)26-23(15-28)10-11-23;1-14-10-15(12-16(23)11-14)22(29)5-7-27(8-6-22)20-24-17-2-9-31(30)18(17)19(25-20)26-21(13-28)3-4-21;26-13-21(7-8-21)24-19-18-17(6-11-29(18)28)22-20(23-19)25-9-4-14(5-10-25)15-2-1-3-16(27)12-15;26-14-21(9-10-21)24-19-18-17(8-13-28(18)27)22-20(23-19)25-11-6-16(7-12-25)15-4-2-1-3-5-15;/h1-4,15,29H,5-14H2,(H,25,26,27);1,3-6,18,28H,7-15H2,(H,24,25,26);10-12,28-29H,2-9,13H2,1H3,(H,24,25,26);1-3,12,14,26-27H,4-11,13H2,(H,22,23,24);1-5,16,26H,6-14H2,(H,22,23,24);1H4. The number of hydrogen-bond acceptors (Lipinski definition) is 33. The zero-order valence-corrected chi connectivity index (χ0v) is 88.3. The minimum absolute atomic E-state index is 0. The van der Waals surface area contributed by atoms with E-state index in [1.165, 1.54) is 45.7 Å². The third-order valence-electron chi connectivity index (χ3n) is 32.9. The average Bonchev–Trinajstić information content (AvgIpc) is 1.62. The van der Waals surface area contributed by atoms with Crippen molar-refractivity contribution >= 4 is 119 Å². The average molecular weight is 2140 g/mol. The fourth-order valence-corrected chi connectivity index (χ4v) is 29.0. The van der Waals surface area contributed by atoms with Crippen molar-refractivity contribution in [2.24, 2.45) is 10.9 Å². The van der Waals surface area contributed by atoms with Crippen LogP contribution in [0.3, 0.4) is 0 Å². The highest BCUT2D eigenvalue weighted by atomic mass is 32.2. The van der Waals surface area contributed by atoms with Crippen LogP contribution in [-0.2, 0) is 98.2 Å². The molecule has 5 saturated heterocycles. The van der Waals surface area contributed by atoms with Crippen LogP contribution in [0.2, 0.25) is 0 Å². The van der Waals surface area contributed by atoms with E-state index in [4.69, 9.17) is 61.3 Å². The van der Waals surface area contributed by atoms with Gasteiger partial charge in [0.1, 0.15) is 65.1 Å². The van der Waals surface area contributed by atoms with Gasteiger partial charge in [0.15, 0.2) is 0 Å². The molecule has 0 spiro atoms. The Kier molecular flexibility index (Phi) is 30.6. The van der Waals surface area contributed by atoms with Gasteiger partial charge in [-0.3, -0.25) is 26.0 Å². The van der Waals surface area contributed by atoms with Gasteiger partial charge < -0.3 is 86.8 Å². The molecule has 150 heavy (non-hydrogen) atoms. The fraction of sp³-hybridized carbons (Fsp3) is 0.523. The molecule has 16 aliphatic rings. The number of terminal acetylenes is 1. The molecule has 12 N–H and O–H groups in total. The summed E-state index contributed by atoms with van der Waals surface area (Å²) in [6.45, 7) is 11.0. The summed E-state index contributed by atoms with van der Waals surface area (Å²) in [4.78, 5) is 67.1. The molecule has 26 rings (SSSR count). The van der Waals surface area contributed by atoms with E-state index in [2.05, 4.69) is 125 Å². The van der Waals surface area contributed by atoms with Gasteiger partial charge in [-0.05, 0) is 223 Å². The molecule has 5 atom stereocenters. The first kappa shape index (κ1) is 105. The number of aliphatic imine (C=N–C) groups is 1. The SMILES string of the molecule is C.C#Cc1ccc(C2CCN(c3nc4c(c(NC5(CO)CC5)n3)S(=O)CC4)CC2)cc1.Cc1cc(F)cc(C2(O)CCN(c3nc4c(c(NC5(CO)CC5)n3)S(=O)CC4)CC2)c1.O=S1CCc2nc(N3CCC(C4=NCc5ccccc54)CC3)nc(NC3(CO)CC3)c21.O=S1CCc2nc(N3CCC(c4cccc(O)c4)CC3)nc(NC3(CO)CC3)c21.O=S1CCc2nc(N3CCC(c4ccccc4)CC3)nc(NC3(CO)CC3)c21. The summed E-state index contributed by atoms with van der Waals surface area (Å²) in [6, 6.07) is 39.8. The van der Waals surface area contributed by atoms with E-state index < -0.39 is 59.6 Å². The van der Waals surface area contributed by atoms with Crippen molar-refractivity contribution in [1.29, 1.82) is 0 Å². The third kappa shape index (κ3) is 22.6. The van der Waals surface area contributed by atoms with E-state index in [9.17, 15) is 61.2 Å². The van der Waals surface area contributed by atoms with Gasteiger partial charge in [0.2, 0.25) is 29.7 Å². The lowest BCUT2D eigenvalue weighted by molar-refractivity contribution is 0.0112. The Hall–Kier alpha value is -11.0. The molecule has 5 aromatic heterocycles. The molecule has 794 valence electrons. The Labute approximate surface area is 887 Å². The van der Waals surface area contributed by atoms with Crippen LogP contribution >= 0.6 is 0 Å². The van der Waals surface area contributed by atoms with Crippen LogP contribution in [-0.4, -0.2) is 267 Å². The van der Waals surface area contributed by atoms with Crippen molar-refractivity contribution in [1.82, 2.24) is 49.8 Å². The molecular formula is C111H136FN21O12S5. The molecule has 0 bridgehead atoms. The Morgan fingerprint density at radius 2 is 0.687 bits per heavy atom. The molecule has 5 aromatic carbocycles. The summed E-state index contributed by atoms with van der Waals surface area (Å²) < 4.78 is 76.4. The summed E-state index contributed by atoms with van der Waals surface area (Å²) >= 11 is 0. The van der Waals surface area contributed by atoms with Gasteiger partial charge in [-0.2, -0.15) is 24.9 Å². The van der Waals surface area contributed by atoms with Gasteiger partial charge >= 0.3 is 0 Å². The first-order chi connectivity index (χ1) is 72.3. The molecule has 16 heterocycles. The first-order valence-electron chi connectivity index (χ1n) is 53.0. The zero-order chi connectivity index (χ0) is 103. The van der Waals surface area contributed by atoms with Gasteiger partial charge in [-0.25, -0.2) is 29.3 Å². The first-order valence-corrected chi connectivity index (χ1v) is 59.6. The fourth-order valence-electron chi connectivity index (χ4n) is 22.5. The zero-order valence-electron chi connectivity index (χ0n) is 84.2. The Balaban J connectivity index is 0.000000109. The number of aryl methyl sites for hydroxylation is 6. The second-order valence-electron chi connectivity index (χ2n) is 43.3. The van der Waals surface area contributed by atoms with Crippen LogP contribution in [0.5, 0.6) is 5.75 Å². The molecule has 5 saturated carbocycles. The second kappa shape index (κ2) is 43.8. The van der Waals surface area contributed by atoms with Crippen molar-refractivity contribution in [3.05, 3.63) is 200 Å². The van der Waals surface area contributed by atoms with E-state index >= 15 is 0 Å². The molecule has 0 amide bonds. The molecular weight excluding hydrogens is 2000 g/mol. The number of nitrogens with zero attached hydrogens (tertiary/aromatic N) is 16. The largest absolute Gasteiger partial charge is 0.508 e. The summed E-state index contributed by atoms with van der Waals surface area (Å²) in [6.07, 6.45) is 27.1. The van der Waals surface area contributed by atoms with E-state index in [1.54, 1.807) is 6.07 Å². The number of aromatic nitrogens is 10. The minimum Gasteiger partial charge on any atom is -0.508 e.